The van der Waals surface area contributed by atoms with Gasteiger partial charge in [-0.3, -0.25) is 10.1 Å². The Labute approximate surface area is 190 Å². The van der Waals surface area contributed by atoms with Gasteiger partial charge >= 0.3 is 12.1 Å². The second-order valence-electron chi connectivity index (χ2n) is 7.52. The molecule has 0 saturated carbocycles. The van der Waals surface area contributed by atoms with E-state index < -0.39 is 29.2 Å². The average molecular weight is 481 g/mol. The van der Waals surface area contributed by atoms with Crippen molar-refractivity contribution in [1.29, 1.82) is 0 Å². The third kappa shape index (κ3) is 4.49. The number of hydrogen-bond acceptors (Lipinski definition) is 5. The molecule has 0 saturated heterocycles. The molecule has 0 spiro atoms. The molecule has 5 nitrogen and oxygen atoms in total. The van der Waals surface area contributed by atoms with E-state index in [1.54, 1.807) is 24.3 Å². The highest BCUT2D eigenvalue weighted by atomic mass is 35.5. The van der Waals surface area contributed by atoms with Crippen LogP contribution in [0.25, 0.3) is 0 Å². The summed E-state index contributed by atoms with van der Waals surface area (Å²) < 4.78 is 44.3. The highest BCUT2D eigenvalue weighted by Crippen LogP contribution is 2.34. The fourth-order valence-electron chi connectivity index (χ4n) is 3.41. The second-order valence-corrected chi connectivity index (χ2v) is 9.04. The zero-order chi connectivity index (χ0) is 23.1. The van der Waals surface area contributed by atoms with Crippen molar-refractivity contribution in [2.45, 2.75) is 31.5 Å². The van der Waals surface area contributed by atoms with E-state index >= 15 is 0 Å². The third-order valence-electron chi connectivity index (χ3n) is 5.08. The molecule has 1 amide bonds. The standard InChI is InChI=1S/C22H16ClF3N2O3S/c1-21(10-12-4-2-3-5-16(12)18(29)31-21)19(30)28-20-27-11-15(32-20)9-13-8-14(22(24,25)26)6-7-17(13)23/h2-8,11H,9-10H2,1H3,(H,27,28,30). The van der Waals surface area contributed by atoms with E-state index in [4.69, 9.17) is 16.3 Å². The van der Waals surface area contributed by atoms with Gasteiger partial charge in [-0.1, -0.05) is 29.8 Å². The molecule has 1 aliphatic heterocycles. The van der Waals surface area contributed by atoms with E-state index in [0.29, 0.717) is 21.6 Å². The van der Waals surface area contributed by atoms with Gasteiger partial charge in [0, 0.05) is 28.9 Å². The molecule has 1 N–H and O–H groups in total. The first kappa shape index (κ1) is 22.3. The van der Waals surface area contributed by atoms with Gasteiger partial charge < -0.3 is 4.74 Å². The average Bonchev–Trinajstić information content (AvgIpc) is 3.15. The number of carbonyl (C=O) groups is 2. The number of esters is 1. The summed E-state index contributed by atoms with van der Waals surface area (Å²) in [4.78, 5) is 29.9. The van der Waals surface area contributed by atoms with E-state index in [9.17, 15) is 22.8 Å². The van der Waals surface area contributed by atoms with Crippen LogP contribution in [-0.2, 0) is 28.5 Å². The number of fused-ring (bicyclic) bond motifs is 1. The predicted molar refractivity (Wildman–Crippen MR) is 114 cm³/mol. The molecule has 4 rings (SSSR count). The number of halogens is 4. The smallest absolute Gasteiger partial charge is 0.416 e. The topological polar surface area (TPSA) is 68.3 Å². The molecule has 1 atom stereocenters. The molecule has 166 valence electrons. The number of ether oxygens (including phenoxy) is 1. The van der Waals surface area contributed by atoms with Crippen LogP contribution in [0.5, 0.6) is 0 Å². The van der Waals surface area contributed by atoms with Crippen LogP contribution >= 0.6 is 22.9 Å². The lowest BCUT2D eigenvalue weighted by Gasteiger charge is -2.32. The minimum absolute atomic E-state index is 0.121. The molecule has 1 aliphatic rings. The molecular formula is C22H16ClF3N2O3S. The van der Waals surface area contributed by atoms with Crippen LogP contribution in [0.2, 0.25) is 5.02 Å². The summed E-state index contributed by atoms with van der Waals surface area (Å²) in [6, 6.07) is 10.0. The van der Waals surface area contributed by atoms with Crippen molar-refractivity contribution in [3.05, 3.63) is 80.8 Å². The van der Waals surface area contributed by atoms with Gasteiger partial charge in [-0.05, 0) is 42.3 Å². The Morgan fingerprint density at radius 1 is 1.28 bits per heavy atom. The lowest BCUT2D eigenvalue weighted by atomic mass is 9.89. The Bertz CT molecular complexity index is 1210. The number of nitrogens with one attached hydrogen (secondary N) is 1. The third-order valence-corrected chi connectivity index (χ3v) is 6.36. The van der Waals surface area contributed by atoms with Gasteiger partial charge in [-0.25, -0.2) is 9.78 Å². The van der Waals surface area contributed by atoms with Gasteiger partial charge in [0.15, 0.2) is 10.7 Å². The molecule has 1 unspecified atom stereocenters. The minimum Gasteiger partial charge on any atom is -0.445 e. The van der Waals surface area contributed by atoms with Gasteiger partial charge in [-0.2, -0.15) is 13.2 Å². The fourth-order valence-corrected chi connectivity index (χ4v) is 4.42. The summed E-state index contributed by atoms with van der Waals surface area (Å²) in [5.74, 6) is -1.12. The normalized spacial score (nSPS) is 18.1. The van der Waals surface area contributed by atoms with Crippen LogP contribution in [0.4, 0.5) is 18.3 Å². The van der Waals surface area contributed by atoms with E-state index in [-0.39, 0.29) is 23.0 Å². The number of anilines is 1. The number of hydrogen-bond donors (Lipinski definition) is 1. The van der Waals surface area contributed by atoms with E-state index in [1.165, 1.54) is 19.2 Å². The lowest BCUT2D eigenvalue weighted by molar-refractivity contribution is -0.137. The van der Waals surface area contributed by atoms with Crippen molar-refractivity contribution in [3.8, 4) is 0 Å². The molecule has 3 aromatic rings. The number of carbonyl (C=O) groups excluding carboxylic acids is 2. The number of cyclic esters (lactones) is 1. The number of thiazole rings is 1. The zero-order valence-corrected chi connectivity index (χ0v) is 18.2. The lowest BCUT2D eigenvalue weighted by Crippen LogP contribution is -2.48. The summed E-state index contributed by atoms with van der Waals surface area (Å²) in [6.45, 7) is 1.52. The van der Waals surface area contributed by atoms with Crippen LogP contribution in [0, 0.1) is 0 Å². The zero-order valence-electron chi connectivity index (χ0n) is 16.6. The first-order valence-corrected chi connectivity index (χ1v) is 10.7. The SMILES string of the molecule is CC1(C(=O)Nc2ncc(Cc3cc(C(F)(F)F)ccc3Cl)s2)Cc2ccccc2C(=O)O1. The molecule has 2 heterocycles. The monoisotopic (exact) mass is 480 g/mol. The van der Waals surface area contributed by atoms with Crippen molar-refractivity contribution in [2.75, 3.05) is 5.32 Å². The maximum absolute atomic E-state index is 13.0. The summed E-state index contributed by atoms with van der Waals surface area (Å²) in [5, 5.41) is 3.08. The van der Waals surface area contributed by atoms with Crippen molar-refractivity contribution >= 4 is 39.9 Å². The molecular weight excluding hydrogens is 465 g/mol. The molecule has 0 aliphatic carbocycles. The number of rotatable bonds is 4. The van der Waals surface area contributed by atoms with Gasteiger partial charge in [0.1, 0.15) is 0 Å². The molecule has 0 radical (unpaired) electrons. The Kier molecular flexibility index (Phi) is 5.72. The van der Waals surface area contributed by atoms with Crippen LogP contribution in [0.1, 0.15) is 38.8 Å². The van der Waals surface area contributed by atoms with E-state index in [2.05, 4.69) is 10.3 Å². The highest BCUT2D eigenvalue weighted by Gasteiger charge is 2.43. The number of nitrogens with zero attached hydrogens (tertiary/aromatic N) is 1. The maximum atomic E-state index is 13.0. The fraction of sp³-hybridized carbons (Fsp3) is 0.227. The molecule has 2 aromatic carbocycles. The van der Waals surface area contributed by atoms with Gasteiger partial charge in [-0.15, -0.1) is 11.3 Å². The van der Waals surface area contributed by atoms with Crippen molar-refractivity contribution in [1.82, 2.24) is 4.98 Å². The Hall–Kier alpha value is -2.91. The van der Waals surface area contributed by atoms with Crippen molar-refractivity contribution in [3.63, 3.8) is 0 Å². The van der Waals surface area contributed by atoms with Crippen molar-refractivity contribution in [2.24, 2.45) is 0 Å². The number of amides is 1. The summed E-state index contributed by atoms with van der Waals surface area (Å²) in [7, 11) is 0. The van der Waals surface area contributed by atoms with E-state index in [1.807, 2.05) is 0 Å². The molecule has 0 bridgehead atoms. The maximum Gasteiger partial charge on any atom is 0.416 e. The Balaban J connectivity index is 1.48. The first-order chi connectivity index (χ1) is 15.0. The quantitative estimate of drug-likeness (QED) is 0.499. The number of alkyl halides is 3. The summed E-state index contributed by atoms with van der Waals surface area (Å²) >= 11 is 7.16. The summed E-state index contributed by atoms with van der Waals surface area (Å²) in [6.07, 6.45) is -2.69. The Morgan fingerprint density at radius 3 is 2.78 bits per heavy atom. The second kappa shape index (κ2) is 8.22. The molecule has 0 fully saturated rings. The molecule has 32 heavy (non-hydrogen) atoms. The number of aromatic nitrogens is 1. The van der Waals surface area contributed by atoms with Crippen LogP contribution < -0.4 is 5.32 Å². The highest BCUT2D eigenvalue weighted by molar-refractivity contribution is 7.15. The predicted octanol–water partition coefficient (Wildman–Crippen LogP) is 5.52. The van der Waals surface area contributed by atoms with Crippen molar-refractivity contribution < 1.29 is 27.5 Å². The first-order valence-electron chi connectivity index (χ1n) is 9.48. The van der Waals surface area contributed by atoms with Crippen LogP contribution in [0.3, 0.4) is 0 Å². The Morgan fingerprint density at radius 2 is 2.03 bits per heavy atom. The van der Waals surface area contributed by atoms with Crippen LogP contribution in [-0.4, -0.2) is 22.5 Å². The molecule has 1 aromatic heterocycles. The summed E-state index contributed by atoms with van der Waals surface area (Å²) in [5.41, 5.74) is -0.774. The molecule has 10 heteroatoms. The van der Waals surface area contributed by atoms with E-state index in [0.717, 1.165) is 23.5 Å². The largest absolute Gasteiger partial charge is 0.445 e. The van der Waals surface area contributed by atoms with Gasteiger partial charge in [0.25, 0.3) is 5.91 Å². The minimum atomic E-state index is -4.47. The van der Waals surface area contributed by atoms with Gasteiger partial charge in [0.05, 0.1) is 11.1 Å². The number of benzene rings is 2. The van der Waals surface area contributed by atoms with Crippen LogP contribution in [0.15, 0.2) is 48.7 Å². The van der Waals surface area contributed by atoms with Gasteiger partial charge in [0.2, 0.25) is 0 Å².